The Kier molecular flexibility index (Phi) is 3.16. The molecule has 0 bridgehead atoms. The summed E-state index contributed by atoms with van der Waals surface area (Å²) in [5.41, 5.74) is 0.277. The average Bonchev–Trinajstić information content (AvgIpc) is 2.20. The second kappa shape index (κ2) is 4.17. The summed E-state index contributed by atoms with van der Waals surface area (Å²) in [5.74, 6) is -0.735. The molecule has 4 N–H and O–H groups in total. The third-order valence-corrected chi connectivity index (χ3v) is 1.85. The van der Waals surface area contributed by atoms with Crippen molar-refractivity contribution in [3.05, 3.63) is 17.7 Å². The van der Waals surface area contributed by atoms with Gasteiger partial charge in [0.25, 0.3) is 0 Å². The number of rotatable bonds is 3. The van der Waals surface area contributed by atoms with Gasteiger partial charge < -0.3 is 25.2 Å². The first-order valence-electron chi connectivity index (χ1n) is 3.99. The van der Waals surface area contributed by atoms with Crippen LogP contribution in [-0.4, -0.2) is 34.1 Å². The van der Waals surface area contributed by atoms with E-state index in [9.17, 15) is 15.3 Å². The predicted octanol–water partition coefficient (Wildman–Crippen LogP) is 0.132. The first-order chi connectivity index (χ1) is 6.60. The van der Waals surface area contributed by atoms with E-state index in [4.69, 9.17) is 9.84 Å². The second-order valence-corrected chi connectivity index (χ2v) is 2.79. The van der Waals surface area contributed by atoms with Crippen LogP contribution in [0.1, 0.15) is 11.7 Å². The highest BCUT2D eigenvalue weighted by atomic mass is 16.5. The molecule has 0 aromatic heterocycles. The molecule has 0 heterocycles. The molecule has 1 rings (SSSR count). The Hall–Kier alpha value is -1.46. The molecule has 0 radical (unpaired) electrons. The highest BCUT2D eigenvalue weighted by molar-refractivity contribution is 5.52. The van der Waals surface area contributed by atoms with Crippen LogP contribution in [0.3, 0.4) is 0 Å². The van der Waals surface area contributed by atoms with Crippen LogP contribution in [0.25, 0.3) is 0 Å². The molecule has 14 heavy (non-hydrogen) atoms. The lowest BCUT2D eigenvalue weighted by atomic mass is 10.1. The number of benzene rings is 1. The molecule has 0 aliphatic rings. The number of hydrogen-bond donors (Lipinski definition) is 4. The standard InChI is InChI=1S/C9H12O5/c1-14-8-3-5(7(12)4-10)2-6(11)9(8)13/h2-3,7,10-13H,4H2,1H3. The molecule has 1 atom stereocenters. The van der Waals surface area contributed by atoms with Gasteiger partial charge in [-0.25, -0.2) is 0 Å². The van der Waals surface area contributed by atoms with Crippen molar-refractivity contribution in [2.75, 3.05) is 13.7 Å². The summed E-state index contributed by atoms with van der Waals surface area (Å²) in [4.78, 5) is 0. The number of ether oxygens (including phenoxy) is 1. The molecule has 1 aromatic carbocycles. The second-order valence-electron chi connectivity index (χ2n) is 2.79. The number of aliphatic hydroxyl groups excluding tert-OH is 2. The van der Waals surface area contributed by atoms with Crippen molar-refractivity contribution >= 4 is 0 Å². The van der Waals surface area contributed by atoms with Gasteiger partial charge in [-0.2, -0.15) is 0 Å². The van der Waals surface area contributed by atoms with E-state index >= 15 is 0 Å². The van der Waals surface area contributed by atoms with Crippen molar-refractivity contribution < 1.29 is 25.2 Å². The van der Waals surface area contributed by atoms with Crippen LogP contribution in [0.5, 0.6) is 17.2 Å². The van der Waals surface area contributed by atoms with Crippen molar-refractivity contribution in [2.24, 2.45) is 0 Å². The summed E-state index contributed by atoms with van der Waals surface area (Å²) in [6.45, 7) is -0.465. The first kappa shape index (κ1) is 10.6. The smallest absolute Gasteiger partial charge is 0.200 e. The van der Waals surface area contributed by atoms with E-state index in [-0.39, 0.29) is 17.1 Å². The van der Waals surface area contributed by atoms with Gasteiger partial charge in [0.2, 0.25) is 5.75 Å². The zero-order valence-corrected chi connectivity index (χ0v) is 7.64. The third kappa shape index (κ3) is 1.89. The van der Waals surface area contributed by atoms with Gasteiger partial charge in [0, 0.05) is 0 Å². The molecule has 0 saturated carbocycles. The van der Waals surface area contributed by atoms with Gasteiger partial charge in [0.1, 0.15) is 6.10 Å². The minimum absolute atomic E-state index is 0.0486. The highest BCUT2D eigenvalue weighted by Crippen LogP contribution is 2.37. The monoisotopic (exact) mass is 200 g/mol. The number of methoxy groups -OCH3 is 1. The van der Waals surface area contributed by atoms with Gasteiger partial charge in [-0.1, -0.05) is 0 Å². The van der Waals surface area contributed by atoms with Crippen LogP contribution >= 0.6 is 0 Å². The molecule has 0 saturated heterocycles. The summed E-state index contributed by atoms with van der Waals surface area (Å²) in [7, 11) is 1.32. The lowest BCUT2D eigenvalue weighted by Gasteiger charge is -2.11. The minimum atomic E-state index is -1.10. The molecule has 1 unspecified atom stereocenters. The van der Waals surface area contributed by atoms with Crippen molar-refractivity contribution in [3.63, 3.8) is 0 Å². The zero-order valence-electron chi connectivity index (χ0n) is 7.64. The Balaban J connectivity index is 3.16. The van der Waals surface area contributed by atoms with E-state index in [1.165, 1.54) is 19.2 Å². The topological polar surface area (TPSA) is 90.2 Å². The van der Waals surface area contributed by atoms with Crippen LogP contribution in [0.15, 0.2) is 12.1 Å². The molecule has 0 fully saturated rings. The average molecular weight is 200 g/mol. The van der Waals surface area contributed by atoms with E-state index in [0.29, 0.717) is 0 Å². The van der Waals surface area contributed by atoms with E-state index < -0.39 is 18.5 Å². The van der Waals surface area contributed by atoms with Crippen molar-refractivity contribution in [2.45, 2.75) is 6.10 Å². The van der Waals surface area contributed by atoms with Crippen LogP contribution in [-0.2, 0) is 0 Å². The molecule has 0 aliphatic carbocycles. The normalized spacial score (nSPS) is 12.5. The summed E-state index contributed by atoms with van der Waals surface area (Å²) in [6.07, 6.45) is -1.10. The van der Waals surface area contributed by atoms with Gasteiger partial charge in [-0.05, 0) is 17.7 Å². The first-order valence-corrected chi connectivity index (χ1v) is 3.99. The molecular weight excluding hydrogens is 188 g/mol. The molecule has 0 amide bonds. The van der Waals surface area contributed by atoms with Crippen molar-refractivity contribution in [3.8, 4) is 17.2 Å². The van der Waals surface area contributed by atoms with E-state index in [1.807, 2.05) is 0 Å². The molecule has 1 aromatic rings. The van der Waals surface area contributed by atoms with Gasteiger partial charge in [0.05, 0.1) is 13.7 Å². The van der Waals surface area contributed by atoms with Gasteiger partial charge >= 0.3 is 0 Å². The van der Waals surface area contributed by atoms with Gasteiger partial charge in [0.15, 0.2) is 11.5 Å². The maximum absolute atomic E-state index is 9.27. The summed E-state index contributed by atoms with van der Waals surface area (Å²) >= 11 is 0. The van der Waals surface area contributed by atoms with Crippen LogP contribution < -0.4 is 4.74 Å². The maximum atomic E-state index is 9.27. The Morgan fingerprint density at radius 3 is 2.50 bits per heavy atom. The van der Waals surface area contributed by atoms with Crippen LogP contribution in [0.4, 0.5) is 0 Å². The number of phenols is 2. The van der Waals surface area contributed by atoms with E-state index in [2.05, 4.69) is 0 Å². The van der Waals surface area contributed by atoms with Crippen molar-refractivity contribution in [1.82, 2.24) is 0 Å². The number of phenolic OH excluding ortho intramolecular Hbond substituents is 2. The Morgan fingerprint density at radius 2 is 2.00 bits per heavy atom. The lowest BCUT2D eigenvalue weighted by molar-refractivity contribution is 0.0951. The Morgan fingerprint density at radius 1 is 1.36 bits per heavy atom. The largest absolute Gasteiger partial charge is 0.504 e. The molecule has 0 aliphatic heterocycles. The number of aliphatic hydroxyl groups is 2. The highest BCUT2D eigenvalue weighted by Gasteiger charge is 2.14. The summed E-state index contributed by atoms with van der Waals surface area (Å²) in [6, 6.07) is 2.51. The fourth-order valence-electron chi connectivity index (χ4n) is 1.07. The third-order valence-electron chi connectivity index (χ3n) is 1.85. The molecule has 78 valence electrons. The van der Waals surface area contributed by atoms with Crippen LogP contribution in [0.2, 0.25) is 0 Å². The van der Waals surface area contributed by atoms with Crippen LogP contribution in [0, 0.1) is 0 Å². The van der Waals surface area contributed by atoms with Gasteiger partial charge in [-0.15, -0.1) is 0 Å². The quantitative estimate of drug-likeness (QED) is 0.521. The fourth-order valence-corrected chi connectivity index (χ4v) is 1.07. The Bertz CT molecular complexity index is 323. The molecule has 5 nitrogen and oxygen atoms in total. The lowest BCUT2D eigenvalue weighted by Crippen LogP contribution is -2.02. The molecule has 5 heteroatoms. The molecular formula is C9H12O5. The fraction of sp³-hybridized carbons (Fsp3) is 0.333. The Labute approximate surface area is 80.8 Å². The van der Waals surface area contributed by atoms with Crippen molar-refractivity contribution in [1.29, 1.82) is 0 Å². The SMILES string of the molecule is COc1cc(C(O)CO)cc(O)c1O. The van der Waals surface area contributed by atoms with E-state index in [1.54, 1.807) is 0 Å². The summed E-state index contributed by atoms with van der Waals surface area (Å²) < 4.78 is 4.76. The number of hydrogen-bond acceptors (Lipinski definition) is 5. The minimum Gasteiger partial charge on any atom is -0.504 e. The van der Waals surface area contributed by atoms with E-state index in [0.717, 1.165) is 0 Å². The number of aromatic hydroxyl groups is 2. The predicted molar refractivity (Wildman–Crippen MR) is 48.4 cm³/mol. The summed E-state index contributed by atoms with van der Waals surface area (Å²) in [5, 5.41) is 36.4. The maximum Gasteiger partial charge on any atom is 0.200 e. The zero-order chi connectivity index (χ0) is 10.7. The van der Waals surface area contributed by atoms with Gasteiger partial charge in [-0.3, -0.25) is 0 Å². The molecule has 0 spiro atoms.